The molecule has 1 amide bonds. The molecule has 32 heavy (non-hydrogen) atoms. The van der Waals surface area contributed by atoms with E-state index in [1.807, 2.05) is 52.9 Å². The highest BCUT2D eigenvalue weighted by atomic mass is 32.2. The van der Waals surface area contributed by atoms with E-state index in [0.29, 0.717) is 5.16 Å². The monoisotopic (exact) mass is 452 g/mol. The summed E-state index contributed by atoms with van der Waals surface area (Å²) in [5.41, 5.74) is 2.43. The molecule has 0 aliphatic rings. The van der Waals surface area contributed by atoms with Crippen molar-refractivity contribution in [3.63, 3.8) is 0 Å². The summed E-state index contributed by atoms with van der Waals surface area (Å²) in [5.74, 6) is -0.453. The Hall–Kier alpha value is -3.59. The van der Waals surface area contributed by atoms with Gasteiger partial charge in [0.05, 0.1) is 27.9 Å². The third-order valence-corrected chi connectivity index (χ3v) is 5.86. The van der Waals surface area contributed by atoms with Crippen molar-refractivity contribution in [3.8, 4) is 0 Å². The second-order valence-corrected chi connectivity index (χ2v) is 8.03. The van der Waals surface area contributed by atoms with Gasteiger partial charge in [0.15, 0.2) is 5.16 Å². The van der Waals surface area contributed by atoms with E-state index in [9.17, 15) is 18.0 Å². The normalized spacial score (nSPS) is 12.0. The molecule has 2 aromatic heterocycles. The number of imidazole rings is 1. The van der Waals surface area contributed by atoms with E-state index in [2.05, 4.69) is 5.32 Å². The molecule has 1 N–H and O–H groups in total. The van der Waals surface area contributed by atoms with Crippen LogP contribution in [0.2, 0.25) is 0 Å². The van der Waals surface area contributed by atoms with Crippen molar-refractivity contribution in [2.45, 2.75) is 11.3 Å². The Morgan fingerprint density at radius 2 is 1.69 bits per heavy atom. The highest BCUT2D eigenvalue weighted by molar-refractivity contribution is 7.99. The quantitative estimate of drug-likeness (QED) is 0.277. The number of hydrogen-bond acceptors (Lipinski definition) is 4. The summed E-state index contributed by atoms with van der Waals surface area (Å²) < 4.78 is 40.6. The van der Waals surface area contributed by atoms with E-state index < -0.39 is 17.6 Å². The summed E-state index contributed by atoms with van der Waals surface area (Å²) in [6.07, 6.45) is -4.47. The standard InChI is InChI=1S/C23H15F3N4OS/c24-23(25,26)14-6-5-7-15(12-14)27-20(31)13-32-22-29-17-9-2-1-8-16(17)21-28-18-10-3-4-11-19(18)30(21)22/h1-12H,13H2,(H,27,31). The summed E-state index contributed by atoms with van der Waals surface area (Å²) in [6.45, 7) is 0. The predicted octanol–water partition coefficient (Wildman–Crippen LogP) is 5.79. The lowest BCUT2D eigenvalue weighted by Gasteiger charge is -2.10. The van der Waals surface area contributed by atoms with Crippen LogP contribution in [0.1, 0.15) is 5.56 Å². The first-order chi connectivity index (χ1) is 15.4. The Kier molecular flexibility index (Phi) is 4.97. The zero-order valence-electron chi connectivity index (χ0n) is 16.4. The summed E-state index contributed by atoms with van der Waals surface area (Å²) in [6, 6.07) is 19.8. The fourth-order valence-corrected chi connectivity index (χ4v) is 4.32. The Morgan fingerprint density at radius 1 is 0.938 bits per heavy atom. The Balaban J connectivity index is 1.46. The first-order valence-electron chi connectivity index (χ1n) is 9.66. The van der Waals surface area contributed by atoms with Gasteiger partial charge >= 0.3 is 6.18 Å². The lowest BCUT2D eigenvalue weighted by atomic mass is 10.2. The van der Waals surface area contributed by atoms with Crippen LogP contribution in [0.25, 0.3) is 27.6 Å². The van der Waals surface area contributed by atoms with E-state index >= 15 is 0 Å². The van der Waals surface area contributed by atoms with Crippen molar-refractivity contribution < 1.29 is 18.0 Å². The average Bonchev–Trinajstić information content (AvgIpc) is 3.17. The average molecular weight is 452 g/mol. The topological polar surface area (TPSA) is 59.3 Å². The minimum absolute atomic E-state index is 0.0246. The van der Waals surface area contributed by atoms with Gasteiger partial charge in [-0.15, -0.1) is 0 Å². The van der Waals surface area contributed by atoms with Gasteiger partial charge in [-0.2, -0.15) is 13.2 Å². The molecule has 0 bridgehead atoms. The molecule has 5 nitrogen and oxygen atoms in total. The molecule has 0 aliphatic carbocycles. The van der Waals surface area contributed by atoms with E-state index in [1.54, 1.807) is 0 Å². The minimum atomic E-state index is -4.47. The molecule has 9 heteroatoms. The molecular weight excluding hydrogens is 437 g/mol. The Labute approximate surface area is 184 Å². The zero-order valence-corrected chi connectivity index (χ0v) is 17.2. The second kappa shape index (κ2) is 7.83. The molecule has 2 heterocycles. The van der Waals surface area contributed by atoms with Crippen LogP contribution < -0.4 is 5.32 Å². The number of fused-ring (bicyclic) bond motifs is 5. The van der Waals surface area contributed by atoms with Gasteiger partial charge in [-0.25, -0.2) is 9.97 Å². The van der Waals surface area contributed by atoms with E-state index in [-0.39, 0.29) is 11.4 Å². The van der Waals surface area contributed by atoms with Crippen LogP contribution in [0.3, 0.4) is 0 Å². The Morgan fingerprint density at radius 3 is 2.50 bits per heavy atom. The number of nitrogens with zero attached hydrogens (tertiary/aromatic N) is 3. The minimum Gasteiger partial charge on any atom is -0.325 e. The number of alkyl halides is 3. The van der Waals surface area contributed by atoms with Gasteiger partial charge in [0.2, 0.25) is 5.91 Å². The van der Waals surface area contributed by atoms with Crippen LogP contribution >= 0.6 is 11.8 Å². The third kappa shape index (κ3) is 3.75. The predicted molar refractivity (Wildman–Crippen MR) is 119 cm³/mol. The number of para-hydroxylation sites is 3. The number of hydrogen-bond donors (Lipinski definition) is 1. The fourth-order valence-electron chi connectivity index (χ4n) is 3.51. The molecule has 160 valence electrons. The molecule has 0 unspecified atom stereocenters. The van der Waals surface area contributed by atoms with Gasteiger partial charge in [0.25, 0.3) is 0 Å². The molecule has 0 atom stereocenters. The Bertz CT molecular complexity index is 1480. The second-order valence-electron chi connectivity index (χ2n) is 7.09. The molecule has 0 radical (unpaired) electrons. The molecule has 3 aromatic carbocycles. The number of benzene rings is 3. The van der Waals surface area contributed by atoms with Gasteiger partial charge in [0.1, 0.15) is 5.65 Å². The maximum absolute atomic E-state index is 12.9. The largest absolute Gasteiger partial charge is 0.416 e. The summed E-state index contributed by atoms with van der Waals surface area (Å²) in [4.78, 5) is 21.9. The summed E-state index contributed by atoms with van der Waals surface area (Å²) in [7, 11) is 0. The molecule has 0 fully saturated rings. The van der Waals surface area contributed by atoms with Crippen molar-refractivity contribution in [1.82, 2.24) is 14.4 Å². The van der Waals surface area contributed by atoms with Crippen LogP contribution in [0.5, 0.6) is 0 Å². The summed E-state index contributed by atoms with van der Waals surface area (Å²) >= 11 is 1.20. The highest BCUT2D eigenvalue weighted by Crippen LogP contribution is 2.31. The van der Waals surface area contributed by atoms with E-state index in [0.717, 1.165) is 39.7 Å². The van der Waals surface area contributed by atoms with Gasteiger partial charge in [-0.3, -0.25) is 9.20 Å². The van der Waals surface area contributed by atoms with Gasteiger partial charge < -0.3 is 5.32 Å². The first kappa shape index (κ1) is 20.3. The van der Waals surface area contributed by atoms with Crippen molar-refractivity contribution in [1.29, 1.82) is 0 Å². The molecule has 0 saturated heterocycles. The number of aromatic nitrogens is 3. The van der Waals surface area contributed by atoms with Crippen LogP contribution in [-0.2, 0) is 11.0 Å². The van der Waals surface area contributed by atoms with Crippen molar-refractivity contribution in [3.05, 3.63) is 78.4 Å². The maximum Gasteiger partial charge on any atom is 0.416 e. The van der Waals surface area contributed by atoms with Crippen LogP contribution in [0.15, 0.2) is 78.0 Å². The molecule has 0 aliphatic heterocycles. The first-order valence-corrected chi connectivity index (χ1v) is 10.6. The number of carbonyl (C=O) groups is 1. The van der Waals surface area contributed by atoms with E-state index in [4.69, 9.17) is 9.97 Å². The number of nitrogens with one attached hydrogen (secondary N) is 1. The molecule has 5 rings (SSSR count). The van der Waals surface area contributed by atoms with Crippen LogP contribution in [0.4, 0.5) is 18.9 Å². The van der Waals surface area contributed by atoms with Crippen molar-refractivity contribution >= 4 is 50.9 Å². The van der Waals surface area contributed by atoms with Gasteiger partial charge in [-0.05, 0) is 42.5 Å². The molecule has 5 aromatic rings. The number of carbonyl (C=O) groups excluding carboxylic acids is 1. The maximum atomic E-state index is 12.9. The van der Waals surface area contributed by atoms with Crippen molar-refractivity contribution in [2.24, 2.45) is 0 Å². The number of halogens is 3. The smallest absolute Gasteiger partial charge is 0.325 e. The third-order valence-electron chi connectivity index (χ3n) is 4.92. The van der Waals surface area contributed by atoms with Crippen LogP contribution in [-0.4, -0.2) is 26.0 Å². The lowest BCUT2D eigenvalue weighted by molar-refractivity contribution is -0.137. The number of thioether (sulfide) groups is 1. The lowest BCUT2D eigenvalue weighted by Crippen LogP contribution is -2.15. The number of amides is 1. The van der Waals surface area contributed by atoms with Crippen molar-refractivity contribution in [2.75, 3.05) is 11.1 Å². The fraction of sp³-hybridized carbons (Fsp3) is 0.0870. The summed E-state index contributed by atoms with van der Waals surface area (Å²) in [5, 5.41) is 3.99. The van der Waals surface area contributed by atoms with Gasteiger partial charge in [-0.1, -0.05) is 42.1 Å². The number of rotatable bonds is 4. The highest BCUT2D eigenvalue weighted by Gasteiger charge is 2.30. The molecule has 0 spiro atoms. The SMILES string of the molecule is O=C(CSc1nc2ccccc2c2nc3ccccc3n12)Nc1cccc(C(F)(F)F)c1. The molecular formula is C23H15F3N4OS. The van der Waals surface area contributed by atoms with Gasteiger partial charge in [0, 0.05) is 11.1 Å². The molecule has 0 saturated carbocycles. The van der Waals surface area contributed by atoms with Crippen LogP contribution in [0, 0.1) is 0 Å². The number of anilines is 1. The zero-order chi connectivity index (χ0) is 22.3. The van der Waals surface area contributed by atoms with E-state index in [1.165, 1.54) is 23.9 Å².